The van der Waals surface area contributed by atoms with E-state index < -0.39 is 10.8 Å². The number of nitro benzene ring substituents is 1. The highest BCUT2D eigenvalue weighted by Gasteiger charge is 2.34. The summed E-state index contributed by atoms with van der Waals surface area (Å²) in [6.45, 7) is 3.06. The molecule has 1 heterocycles. The maximum Gasteiger partial charge on any atom is 0.271 e. The lowest BCUT2D eigenvalue weighted by Crippen LogP contribution is -2.29. The summed E-state index contributed by atoms with van der Waals surface area (Å²) in [7, 11) is 0. The molecule has 1 saturated heterocycles. The third-order valence-electron chi connectivity index (χ3n) is 3.79. The van der Waals surface area contributed by atoms with Gasteiger partial charge < -0.3 is 10.2 Å². The van der Waals surface area contributed by atoms with Gasteiger partial charge in [-0.15, -0.1) is 0 Å². The average molecular weight is 340 g/mol. The largest absolute Gasteiger partial charge is 0.342 e. The first-order chi connectivity index (χ1) is 10.9. The molecule has 2 rings (SSSR count). The lowest BCUT2D eigenvalue weighted by Gasteiger charge is -2.16. The fraction of sp³-hybridized carbons (Fsp3) is 0.467. The zero-order valence-corrected chi connectivity index (χ0v) is 13.5. The van der Waals surface area contributed by atoms with Gasteiger partial charge in [0.15, 0.2) is 0 Å². The van der Waals surface area contributed by atoms with Gasteiger partial charge in [0.2, 0.25) is 11.8 Å². The molecular weight excluding hydrogens is 322 g/mol. The molecule has 1 atom stereocenters. The number of amides is 2. The second-order valence-corrected chi connectivity index (χ2v) is 5.91. The normalized spacial score (nSPS) is 17.4. The van der Waals surface area contributed by atoms with Crippen LogP contribution in [0.4, 0.5) is 11.4 Å². The molecule has 0 radical (unpaired) electrons. The van der Waals surface area contributed by atoms with Crippen molar-refractivity contribution in [1.29, 1.82) is 0 Å². The molecule has 124 valence electrons. The second kappa shape index (κ2) is 7.41. The summed E-state index contributed by atoms with van der Waals surface area (Å²) in [5.74, 6) is -0.849. The molecule has 1 aromatic rings. The standard InChI is InChI=1S/C15H18ClN3O4/c1-2-3-6-18-9-10(7-14(18)20)15(21)17-13-8-11(19(22)23)4-5-12(13)16/h4-5,8,10H,2-3,6-7,9H2,1H3,(H,17,21). The van der Waals surface area contributed by atoms with Crippen molar-refractivity contribution in [2.45, 2.75) is 26.2 Å². The van der Waals surface area contributed by atoms with Gasteiger partial charge in [-0.05, 0) is 12.5 Å². The lowest BCUT2D eigenvalue weighted by molar-refractivity contribution is -0.384. The van der Waals surface area contributed by atoms with Crippen molar-refractivity contribution in [2.75, 3.05) is 18.4 Å². The van der Waals surface area contributed by atoms with Gasteiger partial charge in [-0.25, -0.2) is 0 Å². The number of nitrogens with zero attached hydrogens (tertiary/aromatic N) is 2. The van der Waals surface area contributed by atoms with Crippen molar-refractivity contribution < 1.29 is 14.5 Å². The number of nitrogens with one attached hydrogen (secondary N) is 1. The van der Waals surface area contributed by atoms with Crippen LogP contribution >= 0.6 is 11.6 Å². The van der Waals surface area contributed by atoms with Crippen LogP contribution in [-0.4, -0.2) is 34.7 Å². The number of carbonyl (C=O) groups excluding carboxylic acids is 2. The molecule has 7 nitrogen and oxygen atoms in total. The summed E-state index contributed by atoms with van der Waals surface area (Å²) in [4.78, 5) is 36.1. The number of halogens is 1. The summed E-state index contributed by atoms with van der Waals surface area (Å²) >= 11 is 5.96. The van der Waals surface area contributed by atoms with E-state index in [4.69, 9.17) is 11.6 Å². The second-order valence-electron chi connectivity index (χ2n) is 5.50. The van der Waals surface area contributed by atoms with Crippen LogP contribution in [-0.2, 0) is 9.59 Å². The third kappa shape index (κ3) is 4.19. The maximum absolute atomic E-state index is 12.3. The first-order valence-corrected chi connectivity index (χ1v) is 7.82. The van der Waals surface area contributed by atoms with Crippen LogP contribution in [0, 0.1) is 16.0 Å². The highest BCUT2D eigenvalue weighted by Crippen LogP contribution is 2.28. The zero-order chi connectivity index (χ0) is 17.0. The quantitative estimate of drug-likeness (QED) is 0.637. The molecule has 1 aromatic carbocycles. The number of rotatable bonds is 6. The van der Waals surface area contributed by atoms with Gasteiger partial charge in [0.1, 0.15) is 0 Å². The van der Waals surface area contributed by atoms with Gasteiger partial charge in [0.05, 0.1) is 21.6 Å². The number of anilines is 1. The van der Waals surface area contributed by atoms with Gasteiger partial charge >= 0.3 is 0 Å². The minimum absolute atomic E-state index is 0.0382. The van der Waals surface area contributed by atoms with Crippen LogP contribution in [0.25, 0.3) is 0 Å². The topological polar surface area (TPSA) is 92.6 Å². The number of likely N-dealkylation sites (tertiary alicyclic amines) is 1. The minimum atomic E-state index is -0.558. The molecule has 23 heavy (non-hydrogen) atoms. The van der Waals surface area contributed by atoms with E-state index in [0.717, 1.165) is 12.8 Å². The number of nitro groups is 1. The maximum atomic E-state index is 12.3. The first kappa shape index (κ1) is 17.2. The average Bonchev–Trinajstić information content (AvgIpc) is 2.88. The lowest BCUT2D eigenvalue weighted by atomic mass is 10.1. The molecule has 2 amide bonds. The van der Waals surface area contributed by atoms with Crippen LogP contribution in [0.5, 0.6) is 0 Å². The molecule has 1 aliphatic heterocycles. The van der Waals surface area contributed by atoms with Gasteiger partial charge in [0, 0.05) is 31.6 Å². The molecule has 0 saturated carbocycles. The highest BCUT2D eigenvalue weighted by molar-refractivity contribution is 6.33. The Kier molecular flexibility index (Phi) is 5.54. The van der Waals surface area contributed by atoms with E-state index in [1.54, 1.807) is 4.90 Å². The number of benzene rings is 1. The molecule has 0 aliphatic carbocycles. The van der Waals surface area contributed by atoms with E-state index in [1.165, 1.54) is 18.2 Å². The molecule has 0 aromatic heterocycles. The predicted octanol–water partition coefficient (Wildman–Crippen LogP) is 2.84. The van der Waals surface area contributed by atoms with Crippen molar-refractivity contribution in [3.8, 4) is 0 Å². The summed E-state index contributed by atoms with van der Waals surface area (Å²) in [6.07, 6.45) is 2.03. The zero-order valence-electron chi connectivity index (χ0n) is 12.8. The van der Waals surface area contributed by atoms with Crippen LogP contribution < -0.4 is 5.32 Å². The van der Waals surface area contributed by atoms with E-state index in [-0.39, 0.29) is 34.6 Å². The molecule has 1 N–H and O–H groups in total. The van der Waals surface area contributed by atoms with Crippen molar-refractivity contribution in [3.05, 3.63) is 33.3 Å². The summed E-state index contributed by atoms with van der Waals surface area (Å²) < 4.78 is 0. The monoisotopic (exact) mass is 339 g/mol. The smallest absolute Gasteiger partial charge is 0.271 e. The van der Waals surface area contributed by atoms with E-state index in [0.29, 0.717) is 13.1 Å². The number of non-ortho nitro benzene ring substituents is 1. The van der Waals surface area contributed by atoms with E-state index in [1.807, 2.05) is 6.92 Å². The molecule has 1 aliphatic rings. The molecular formula is C15H18ClN3O4. The van der Waals surface area contributed by atoms with Crippen LogP contribution in [0.3, 0.4) is 0 Å². The highest BCUT2D eigenvalue weighted by atomic mass is 35.5. The summed E-state index contributed by atoms with van der Waals surface area (Å²) in [6, 6.07) is 3.85. The van der Waals surface area contributed by atoms with Crippen LogP contribution in [0.15, 0.2) is 18.2 Å². The Balaban J connectivity index is 2.04. The van der Waals surface area contributed by atoms with E-state index in [2.05, 4.69) is 5.32 Å². The molecule has 0 bridgehead atoms. The Bertz CT molecular complexity index is 635. The number of hydrogen-bond acceptors (Lipinski definition) is 4. The Labute approximate surface area is 138 Å². The van der Waals surface area contributed by atoms with Crippen molar-refractivity contribution in [1.82, 2.24) is 4.90 Å². The van der Waals surface area contributed by atoms with Crippen molar-refractivity contribution >= 4 is 34.8 Å². The Hall–Kier alpha value is -2.15. The first-order valence-electron chi connectivity index (χ1n) is 7.45. The van der Waals surface area contributed by atoms with Gasteiger partial charge in [-0.1, -0.05) is 24.9 Å². The van der Waals surface area contributed by atoms with Crippen LogP contribution in [0.2, 0.25) is 5.02 Å². The Morgan fingerprint density at radius 3 is 2.91 bits per heavy atom. The van der Waals surface area contributed by atoms with E-state index >= 15 is 0 Å². The predicted molar refractivity (Wildman–Crippen MR) is 86.3 cm³/mol. The molecule has 8 heteroatoms. The number of unbranched alkanes of at least 4 members (excludes halogenated alkanes) is 1. The summed E-state index contributed by atoms with van der Waals surface area (Å²) in [5.41, 5.74) is 0.0297. The molecule has 1 unspecified atom stereocenters. The third-order valence-corrected chi connectivity index (χ3v) is 4.12. The van der Waals surface area contributed by atoms with Crippen molar-refractivity contribution in [3.63, 3.8) is 0 Å². The van der Waals surface area contributed by atoms with Gasteiger partial charge in [-0.3, -0.25) is 19.7 Å². The fourth-order valence-electron chi connectivity index (χ4n) is 2.47. The fourth-order valence-corrected chi connectivity index (χ4v) is 2.64. The van der Waals surface area contributed by atoms with Crippen LogP contribution in [0.1, 0.15) is 26.2 Å². The number of hydrogen-bond donors (Lipinski definition) is 1. The Morgan fingerprint density at radius 2 is 2.26 bits per heavy atom. The summed E-state index contributed by atoms with van der Waals surface area (Å²) in [5, 5.41) is 13.6. The Morgan fingerprint density at radius 1 is 1.52 bits per heavy atom. The number of carbonyl (C=O) groups is 2. The molecule has 0 spiro atoms. The van der Waals surface area contributed by atoms with Gasteiger partial charge in [-0.2, -0.15) is 0 Å². The van der Waals surface area contributed by atoms with E-state index in [9.17, 15) is 19.7 Å². The molecule has 1 fully saturated rings. The van der Waals surface area contributed by atoms with Gasteiger partial charge in [0.25, 0.3) is 5.69 Å². The SMILES string of the molecule is CCCCN1CC(C(=O)Nc2cc([N+](=O)[O-])ccc2Cl)CC1=O. The van der Waals surface area contributed by atoms with Crippen molar-refractivity contribution in [2.24, 2.45) is 5.92 Å². The minimum Gasteiger partial charge on any atom is -0.342 e.